The van der Waals surface area contributed by atoms with Gasteiger partial charge < -0.3 is 14.6 Å². The summed E-state index contributed by atoms with van der Waals surface area (Å²) in [5.74, 6) is 0. The van der Waals surface area contributed by atoms with Crippen LogP contribution in [0.25, 0.3) is 0 Å². The van der Waals surface area contributed by atoms with Crippen LogP contribution in [0.2, 0.25) is 0 Å². The van der Waals surface area contributed by atoms with E-state index in [1.165, 1.54) is 0 Å². The molecule has 1 aliphatic heterocycles. The number of aliphatic hydroxyl groups is 1. The minimum Gasteiger partial charge on any atom is -0.390 e. The Balaban J connectivity index is 2.35. The van der Waals surface area contributed by atoms with E-state index in [2.05, 4.69) is 4.90 Å². The van der Waals surface area contributed by atoms with Crippen molar-refractivity contribution in [1.29, 1.82) is 0 Å². The fourth-order valence-electron chi connectivity index (χ4n) is 2.88. The number of likely N-dealkylation sites (N-methyl/N-ethyl adjacent to an activating group) is 1. The molecule has 0 spiro atoms. The molecule has 1 aromatic rings. The van der Waals surface area contributed by atoms with Crippen molar-refractivity contribution >= 4 is 10.0 Å². The van der Waals surface area contributed by atoms with Crippen LogP contribution < -0.4 is 0 Å². The molecule has 0 aromatic carbocycles. The van der Waals surface area contributed by atoms with Gasteiger partial charge in [-0.15, -0.1) is 0 Å². The molecule has 7 heteroatoms. The molecule has 21 heavy (non-hydrogen) atoms. The van der Waals surface area contributed by atoms with E-state index < -0.39 is 10.0 Å². The molecule has 1 aliphatic rings. The van der Waals surface area contributed by atoms with Crippen molar-refractivity contribution in [3.05, 3.63) is 18.0 Å². The maximum absolute atomic E-state index is 12.9. The first-order valence-corrected chi connectivity index (χ1v) is 8.80. The molecule has 1 saturated heterocycles. The van der Waals surface area contributed by atoms with Gasteiger partial charge in [0.2, 0.25) is 10.0 Å². The third-order valence-electron chi connectivity index (χ3n) is 4.17. The lowest BCUT2D eigenvalue weighted by molar-refractivity contribution is 0.270. The summed E-state index contributed by atoms with van der Waals surface area (Å²) in [5, 5.41) is 9.25. The van der Waals surface area contributed by atoms with E-state index in [4.69, 9.17) is 0 Å². The van der Waals surface area contributed by atoms with Gasteiger partial charge in [-0.2, -0.15) is 4.31 Å². The molecule has 0 bridgehead atoms. The van der Waals surface area contributed by atoms with Gasteiger partial charge in [0.15, 0.2) is 0 Å². The zero-order valence-electron chi connectivity index (χ0n) is 13.0. The minimum atomic E-state index is -3.51. The van der Waals surface area contributed by atoms with Gasteiger partial charge >= 0.3 is 0 Å². The first-order chi connectivity index (χ1) is 9.90. The molecular formula is C14H25N3O3S. The van der Waals surface area contributed by atoms with E-state index in [0.29, 0.717) is 12.2 Å². The quantitative estimate of drug-likeness (QED) is 0.885. The highest BCUT2D eigenvalue weighted by Crippen LogP contribution is 2.24. The van der Waals surface area contributed by atoms with Crippen molar-refractivity contribution in [3.8, 4) is 0 Å². The van der Waals surface area contributed by atoms with Crippen molar-refractivity contribution in [1.82, 2.24) is 13.8 Å². The molecule has 6 nitrogen and oxygen atoms in total. The molecule has 1 aromatic heterocycles. The second-order valence-electron chi connectivity index (χ2n) is 5.73. The monoisotopic (exact) mass is 315 g/mol. The van der Waals surface area contributed by atoms with Crippen molar-refractivity contribution in [2.45, 2.75) is 37.3 Å². The number of rotatable bonds is 4. The molecule has 0 aliphatic carbocycles. The van der Waals surface area contributed by atoms with Crippen LogP contribution in [0, 0.1) is 0 Å². The van der Waals surface area contributed by atoms with Crippen LogP contribution in [0.4, 0.5) is 0 Å². The Morgan fingerprint density at radius 3 is 2.62 bits per heavy atom. The largest absolute Gasteiger partial charge is 0.390 e. The number of hydrogen-bond acceptors (Lipinski definition) is 4. The molecule has 2 heterocycles. The normalized spacial score (nSPS) is 22.4. The molecule has 1 atom stereocenters. The number of aromatic nitrogens is 1. The molecule has 120 valence electrons. The SMILES string of the molecule is CCC1CN(C)CCCN1S(=O)(=O)c1cc(CO)n(C)c1. The van der Waals surface area contributed by atoms with E-state index in [9.17, 15) is 13.5 Å². The number of sulfonamides is 1. The molecular weight excluding hydrogens is 290 g/mol. The van der Waals surface area contributed by atoms with Crippen molar-refractivity contribution < 1.29 is 13.5 Å². The molecule has 1 unspecified atom stereocenters. The van der Waals surface area contributed by atoms with E-state index in [-0.39, 0.29) is 17.5 Å². The van der Waals surface area contributed by atoms with Gasteiger partial charge in [-0.05, 0) is 32.5 Å². The average Bonchev–Trinajstić information content (AvgIpc) is 2.71. The van der Waals surface area contributed by atoms with Crippen molar-refractivity contribution in [2.75, 3.05) is 26.7 Å². The summed E-state index contributed by atoms with van der Waals surface area (Å²) in [5.41, 5.74) is 0.605. The summed E-state index contributed by atoms with van der Waals surface area (Å²) in [6, 6.07) is 1.57. The van der Waals surface area contributed by atoms with E-state index in [1.54, 1.807) is 28.2 Å². The van der Waals surface area contributed by atoms with Gasteiger partial charge in [0.05, 0.1) is 6.61 Å². The fourth-order valence-corrected chi connectivity index (χ4v) is 4.71. The predicted molar refractivity (Wildman–Crippen MR) is 81.4 cm³/mol. The third kappa shape index (κ3) is 3.31. The highest BCUT2D eigenvalue weighted by Gasteiger charge is 2.33. The van der Waals surface area contributed by atoms with Gasteiger partial charge in [0.1, 0.15) is 4.90 Å². The summed E-state index contributed by atoms with van der Waals surface area (Å²) in [6.45, 7) is 4.09. The number of aliphatic hydroxyl groups excluding tert-OH is 1. The zero-order chi connectivity index (χ0) is 15.6. The van der Waals surface area contributed by atoms with Crippen molar-refractivity contribution in [3.63, 3.8) is 0 Å². The second-order valence-corrected chi connectivity index (χ2v) is 7.62. The predicted octanol–water partition coefficient (Wildman–Crippen LogP) is 0.622. The Bertz CT molecular complexity index is 582. The molecule has 2 rings (SSSR count). The van der Waals surface area contributed by atoms with Crippen LogP contribution in [0.1, 0.15) is 25.5 Å². The first kappa shape index (κ1) is 16.5. The topological polar surface area (TPSA) is 65.8 Å². The van der Waals surface area contributed by atoms with Crippen LogP contribution in [0.3, 0.4) is 0 Å². The van der Waals surface area contributed by atoms with Crippen LogP contribution >= 0.6 is 0 Å². The molecule has 0 amide bonds. The lowest BCUT2D eigenvalue weighted by Gasteiger charge is -2.28. The maximum Gasteiger partial charge on any atom is 0.244 e. The molecule has 1 fully saturated rings. The second kappa shape index (κ2) is 6.48. The summed E-state index contributed by atoms with van der Waals surface area (Å²) in [4.78, 5) is 2.46. The highest BCUT2D eigenvalue weighted by atomic mass is 32.2. The van der Waals surface area contributed by atoms with Crippen LogP contribution in [-0.4, -0.2) is 60.0 Å². The number of hydrogen-bond donors (Lipinski definition) is 1. The van der Waals surface area contributed by atoms with Gasteiger partial charge in [-0.3, -0.25) is 0 Å². The summed E-state index contributed by atoms with van der Waals surface area (Å²) >= 11 is 0. The van der Waals surface area contributed by atoms with E-state index in [0.717, 1.165) is 25.9 Å². The maximum atomic E-state index is 12.9. The van der Waals surface area contributed by atoms with Gasteiger partial charge in [-0.1, -0.05) is 6.92 Å². The Morgan fingerprint density at radius 1 is 1.33 bits per heavy atom. The van der Waals surface area contributed by atoms with E-state index >= 15 is 0 Å². The smallest absolute Gasteiger partial charge is 0.244 e. The lowest BCUT2D eigenvalue weighted by atomic mass is 10.2. The van der Waals surface area contributed by atoms with Gasteiger partial charge in [-0.25, -0.2) is 8.42 Å². The van der Waals surface area contributed by atoms with Crippen LogP contribution in [-0.2, 0) is 23.7 Å². The van der Waals surface area contributed by atoms with Crippen molar-refractivity contribution in [2.24, 2.45) is 7.05 Å². The Morgan fingerprint density at radius 2 is 2.05 bits per heavy atom. The van der Waals surface area contributed by atoms with E-state index in [1.807, 2.05) is 14.0 Å². The molecule has 1 N–H and O–H groups in total. The summed E-state index contributed by atoms with van der Waals surface area (Å²) in [6.07, 6.45) is 3.22. The first-order valence-electron chi connectivity index (χ1n) is 7.36. The van der Waals surface area contributed by atoms with Gasteiger partial charge in [0, 0.05) is 38.1 Å². The Kier molecular flexibility index (Phi) is 5.08. The van der Waals surface area contributed by atoms with Gasteiger partial charge in [0.25, 0.3) is 0 Å². The lowest BCUT2D eigenvalue weighted by Crippen LogP contribution is -2.43. The summed E-state index contributed by atoms with van der Waals surface area (Å²) in [7, 11) is 0.274. The molecule has 0 saturated carbocycles. The molecule has 0 radical (unpaired) electrons. The minimum absolute atomic E-state index is 0.000262. The average molecular weight is 315 g/mol. The Hall–Kier alpha value is -0.890. The highest BCUT2D eigenvalue weighted by molar-refractivity contribution is 7.89. The standard InChI is InChI=1S/C14H25N3O3S/c1-4-12-9-15(2)6-5-7-17(12)21(19,20)14-8-13(11-18)16(3)10-14/h8,10,12,18H,4-7,9,11H2,1-3H3. The fraction of sp³-hybridized carbons (Fsp3) is 0.714. The third-order valence-corrected chi connectivity index (χ3v) is 6.09. The Labute approximate surface area is 127 Å². The number of aryl methyl sites for hydroxylation is 1. The number of nitrogens with zero attached hydrogens (tertiary/aromatic N) is 3. The zero-order valence-corrected chi connectivity index (χ0v) is 13.8. The summed E-state index contributed by atoms with van der Waals surface area (Å²) < 4.78 is 29.1. The van der Waals surface area contributed by atoms with Crippen LogP contribution in [0.5, 0.6) is 0 Å². The van der Waals surface area contributed by atoms with Crippen LogP contribution in [0.15, 0.2) is 17.2 Å².